The number of pyridine rings is 1. The third-order valence-electron chi connectivity index (χ3n) is 2.61. The highest BCUT2D eigenvalue weighted by Crippen LogP contribution is 2.28. The van der Waals surface area contributed by atoms with E-state index in [0.29, 0.717) is 0 Å². The second kappa shape index (κ2) is 3.79. The minimum absolute atomic E-state index is 0.288. The lowest BCUT2D eigenvalue weighted by Gasteiger charge is -2.18. The molecule has 1 fully saturated rings. The molecule has 1 aliphatic heterocycles. The number of nitrogens with zero attached hydrogens (tertiary/aromatic N) is 2. The van der Waals surface area contributed by atoms with Crippen LogP contribution in [0.4, 0.5) is 0 Å². The summed E-state index contributed by atoms with van der Waals surface area (Å²) in [5, 5.41) is 1.86. The number of hydrogen-bond acceptors (Lipinski definition) is 3. The molecule has 0 spiro atoms. The standard InChI is InChI=1S/C11H13N3/c1-2-9-6-10(8-13-7-9)11-4-3-5-14(11)12/h1,6-8,11H,3-5,12H2/t11-/m0/s1. The van der Waals surface area contributed by atoms with Crippen molar-refractivity contribution < 1.29 is 0 Å². The van der Waals surface area contributed by atoms with Gasteiger partial charge in [0.05, 0.1) is 6.04 Å². The van der Waals surface area contributed by atoms with Crippen LogP contribution in [0.15, 0.2) is 18.5 Å². The number of hydrazine groups is 1. The van der Waals surface area contributed by atoms with Gasteiger partial charge in [-0.2, -0.15) is 0 Å². The Labute approximate surface area is 83.9 Å². The molecule has 1 aromatic rings. The van der Waals surface area contributed by atoms with Crippen molar-refractivity contribution >= 4 is 0 Å². The molecule has 1 atom stereocenters. The Morgan fingerprint density at radius 3 is 3.07 bits per heavy atom. The Morgan fingerprint density at radius 1 is 1.57 bits per heavy atom. The summed E-state index contributed by atoms with van der Waals surface area (Å²) < 4.78 is 0. The zero-order valence-electron chi connectivity index (χ0n) is 7.98. The first-order valence-corrected chi connectivity index (χ1v) is 4.74. The van der Waals surface area contributed by atoms with E-state index in [-0.39, 0.29) is 6.04 Å². The molecule has 1 saturated heterocycles. The van der Waals surface area contributed by atoms with E-state index in [1.807, 2.05) is 17.3 Å². The molecule has 0 unspecified atom stereocenters. The largest absolute Gasteiger partial charge is 0.268 e. The Morgan fingerprint density at radius 2 is 2.43 bits per heavy atom. The molecule has 0 radical (unpaired) electrons. The van der Waals surface area contributed by atoms with E-state index in [1.165, 1.54) is 0 Å². The summed E-state index contributed by atoms with van der Waals surface area (Å²) >= 11 is 0. The predicted molar refractivity (Wildman–Crippen MR) is 55.0 cm³/mol. The van der Waals surface area contributed by atoms with Crippen LogP contribution in [0.1, 0.15) is 30.0 Å². The van der Waals surface area contributed by atoms with E-state index in [0.717, 1.165) is 30.5 Å². The summed E-state index contributed by atoms with van der Waals surface area (Å²) in [5.41, 5.74) is 1.95. The summed E-state index contributed by atoms with van der Waals surface area (Å²) in [6.07, 6.45) is 11.1. The first kappa shape index (κ1) is 9.20. The van der Waals surface area contributed by atoms with Crippen LogP contribution in [0.25, 0.3) is 0 Å². The Balaban J connectivity index is 2.28. The normalized spacial score (nSPS) is 22.1. The van der Waals surface area contributed by atoms with Crippen molar-refractivity contribution in [1.29, 1.82) is 0 Å². The lowest BCUT2D eigenvalue weighted by Crippen LogP contribution is -2.30. The van der Waals surface area contributed by atoms with Gasteiger partial charge >= 0.3 is 0 Å². The molecule has 3 heteroatoms. The molecule has 0 aromatic carbocycles. The van der Waals surface area contributed by atoms with Crippen LogP contribution < -0.4 is 5.84 Å². The Kier molecular flexibility index (Phi) is 2.49. The van der Waals surface area contributed by atoms with Crippen LogP contribution in [0.3, 0.4) is 0 Å². The predicted octanol–water partition coefficient (Wildman–Crippen LogP) is 1.07. The van der Waals surface area contributed by atoms with E-state index in [1.54, 1.807) is 6.20 Å². The second-order valence-electron chi connectivity index (χ2n) is 3.55. The average molecular weight is 187 g/mol. The molecule has 1 aliphatic rings. The highest BCUT2D eigenvalue weighted by Gasteiger charge is 2.23. The first-order chi connectivity index (χ1) is 6.81. The number of nitrogens with two attached hydrogens (primary N) is 1. The minimum Gasteiger partial charge on any atom is -0.268 e. The topological polar surface area (TPSA) is 42.2 Å². The molecule has 1 aromatic heterocycles. The van der Waals surface area contributed by atoms with Crippen molar-refractivity contribution in [3.05, 3.63) is 29.6 Å². The molecule has 0 bridgehead atoms. The number of hydrogen-bond donors (Lipinski definition) is 1. The van der Waals surface area contributed by atoms with Crippen molar-refractivity contribution in [2.75, 3.05) is 6.54 Å². The van der Waals surface area contributed by atoms with Gasteiger partial charge in [-0.3, -0.25) is 10.8 Å². The first-order valence-electron chi connectivity index (χ1n) is 4.74. The van der Waals surface area contributed by atoms with Gasteiger partial charge in [0.1, 0.15) is 0 Å². The maximum absolute atomic E-state index is 5.86. The van der Waals surface area contributed by atoms with Crippen LogP contribution in [0.2, 0.25) is 0 Å². The van der Waals surface area contributed by atoms with Gasteiger partial charge in [-0.15, -0.1) is 6.42 Å². The quantitative estimate of drug-likeness (QED) is 0.528. The van der Waals surface area contributed by atoms with Crippen molar-refractivity contribution in [3.63, 3.8) is 0 Å². The zero-order valence-corrected chi connectivity index (χ0v) is 7.98. The van der Waals surface area contributed by atoms with Gasteiger partial charge in [0.2, 0.25) is 0 Å². The highest BCUT2D eigenvalue weighted by atomic mass is 15.4. The molecular weight excluding hydrogens is 174 g/mol. The average Bonchev–Trinajstić information content (AvgIpc) is 2.65. The molecular formula is C11H13N3. The van der Waals surface area contributed by atoms with Gasteiger partial charge in [-0.1, -0.05) is 5.92 Å². The summed E-state index contributed by atoms with van der Waals surface area (Å²) in [4.78, 5) is 4.11. The third-order valence-corrected chi connectivity index (χ3v) is 2.61. The molecule has 0 saturated carbocycles. The smallest absolute Gasteiger partial charge is 0.0506 e. The summed E-state index contributed by atoms with van der Waals surface area (Å²) in [5.74, 6) is 8.44. The van der Waals surface area contributed by atoms with E-state index in [9.17, 15) is 0 Å². The Bertz CT molecular complexity index is 367. The lowest BCUT2D eigenvalue weighted by molar-refractivity contribution is 0.265. The van der Waals surface area contributed by atoms with E-state index in [4.69, 9.17) is 12.3 Å². The minimum atomic E-state index is 0.288. The van der Waals surface area contributed by atoms with E-state index in [2.05, 4.69) is 10.9 Å². The van der Waals surface area contributed by atoms with Crippen LogP contribution in [0, 0.1) is 12.3 Å². The maximum atomic E-state index is 5.86. The molecule has 72 valence electrons. The molecule has 14 heavy (non-hydrogen) atoms. The Hall–Kier alpha value is -1.37. The summed E-state index contributed by atoms with van der Waals surface area (Å²) in [7, 11) is 0. The van der Waals surface area contributed by atoms with Crippen molar-refractivity contribution in [2.24, 2.45) is 5.84 Å². The summed E-state index contributed by atoms with van der Waals surface area (Å²) in [6, 6.07) is 2.28. The lowest BCUT2D eigenvalue weighted by atomic mass is 10.1. The van der Waals surface area contributed by atoms with Gasteiger partial charge in [0, 0.05) is 24.5 Å². The fourth-order valence-corrected chi connectivity index (χ4v) is 1.87. The van der Waals surface area contributed by atoms with Gasteiger partial charge < -0.3 is 0 Å². The van der Waals surface area contributed by atoms with Crippen LogP contribution in [-0.4, -0.2) is 16.5 Å². The monoisotopic (exact) mass is 187 g/mol. The fraction of sp³-hybridized carbons (Fsp3) is 0.364. The van der Waals surface area contributed by atoms with Gasteiger partial charge in [0.25, 0.3) is 0 Å². The van der Waals surface area contributed by atoms with E-state index < -0.39 is 0 Å². The number of terminal acetylenes is 1. The van der Waals surface area contributed by atoms with Crippen molar-refractivity contribution in [1.82, 2.24) is 9.99 Å². The molecule has 0 aliphatic carbocycles. The van der Waals surface area contributed by atoms with Gasteiger partial charge in [0.15, 0.2) is 0 Å². The maximum Gasteiger partial charge on any atom is 0.0506 e. The number of rotatable bonds is 1. The van der Waals surface area contributed by atoms with Gasteiger partial charge in [-0.25, -0.2) is 5.01 Å². The highest BCUT2D eigenvalue weighted by molar-refractivity contribution is 5.33. The van der Waals surface area contributed by atoms with Gasteiger partial charge in [-0.05, 0) is 24.5 Å². The van der Waals surface area contributed by atoms with Crippen LogP contribution >= 0.6 is 0 Å². The zero-order chi connectivity index (χ0) is 9.97. The fourth-order valence-electron chi connectivity index (χ4n) is 1.87. The van der Waals surface area contributed by atoms with Crippen LogP contribution in [-0.2, 0) is 0 Å². The molecule has 2 rings (SSSR count). The SMILES string of the molecule is C#Cc1cncc([C@@H]2CCCN2N)c1. The number of aromatic nitrogens is 1. The van der Waals surface area contributed by atoms with Crippen molar-refractivity contribution in [3.8, 4) is 12.3 Å². The van der Waals surface area contributed by atoms with Crippen molar-refractivity contribution in [2.45, 2.75) is 18.9 Å². The summed E-state index contributed by atoms with van der Waals surface area (Å²) in [6.45, 7) is 0.949. The molecule has 2 heterocycles. The van der Waals surface area contributed by atoms with E-state index >= 15 is 0 Å². The van der Waals surface area contributed by atoms with Crippen LogP contribution in [0.5, 0.6) is 0 Å². The molecule has 0 amide bonds. The third kappa shape index (κ3) is 1.63. The molecule has 3 nitrogen and oxygen atoms in total. The second-order valence-corrected chi connectivity index (χ2v) is 3.55. The molecule has 2 N–H and O–H groups in total.